The smallest absolute Gasteiger partial charge is 0.124 e. The van der Waals surface area contributed by atoms with Crippen molar-refractivity contribution in [3.63, 3.8) is 0 Å². The summed E-state index contributed by atoms with van der Waals surface area (Å²) in [5, 5.41) is 0.881. The number of aromatic nitrogens is 1. The fourth-order valence-electron chi connectivity index (χ4n) is 1.93. The van der Waals surface area contributed by atoms with Crippen LogP contribution < -0.4 is 5.73 Å². The Labute approximate surface area is 103 Å². The van der Waals surface area contributed by atoms with Gasteiger partial charge in [0, 0.05) is 22.9 Å². The van der Waals surface area contributed by atoms with Gasteiger partial charge in [0.1, 0.15) is 10.8 Å². The van der Waals surface area contributed by atoms with Crippen LogP contribution in [0.25, 0.3) is 10.6 Å². The summed E-state index contributed by atoms with van der Waals surface area (Å²) in [6.45, 7) is 0.527. The van der Waals surface area contributed by atoms with Crippen LogP contribution in [0.15, 0.2) is 24.3 Å². The topological polar surface area (TPSA) is 38.9 Å². The summed E-state index contributed by atoms with van der Waals surface area (Å²) in [6.07, 6.45) is 2.42. The van der Waals surface area contributed by atoms with Crippen LogP contribution in [0.4, 0.5) is 4.39 Å². The average Bonchev–Trinajstić information content (AvgIpc) is 3.08. The van der Waals surface area contributed by atoms with Crippen LogP contribution in [-0.4, -0.2) is 4.98 Å². The van der Waals surface area contributed by atoms with E-state index in [1.165, 1.54) is 25.0 Å². The van der Waals surface area contributed by atoms with Crippen LogP contribution in [0.1, 0.15) is 29.3 Å². The molecule has 1 saturated carbocycles. The molecule has 88 valence electrons. The van der Waals surface area contributed by atoms with Crippen molar-refractivity contribution in [2.45, 2.75) is 25.3 Å². The Kier molecular flexibility index (Phi) is 2.68. The van der Waals surface area contributed by atoms with Crippen molar-refractivity contribution in [2.24, 2.45) is 5.73 Å². The lowest BCUT2D eigenvalue weighted by Crippen LogP contribution is -1.96. The molecule has 17 heavy (non-hydrogen) atoms. The summed E-state index contributed by atoms with van der Waals surface area (Å²) in [5.74, 6) is 0.368. The molecule has 1 aliphatic rings. The molecule has 0 unspecified atom stereocenters. The molecule has 2 nitrogen and oxygen atoms in total. The van der Waals surface area contributed by atoms with Gasteiger partial charge in [0.2, 0.25) is 0 Å². The minimum absolute atomic E-state index is 0.222. The van der Waals surface area contributed by atoms with Crippen molar-refractivity contribution in [3.05, 3.63) is 40.7 Å². The highest BCUT2D eigenvalue weighted by atomic mass is 32.1. The van der Waals surface area contributed by atoms with Gasteiger partial charge in [0.15, 0.2) is 0 Å². The lowest BCUT2D eigenvalue weighted by atomic mass is 10.2. The summed E-state index contributed by atoms with van der Waals surface area (Å²) in [4.78, 5) is 5.77. The first-order valence-electron chi connectivity index (χ1n) is 5.73. The quantitative estimate of drug-likeness (QED) is 0.905. The molecule has 4 heteroatoms. The van der Waals surface area contributed by atoms with Gasteiger partial charge in [-0.2, -0.15) is 0 Å². The van der Waals surface area contributed by atoms with Gasteiger partial charge in [-0.25, -0.2) is 9.37 Å². The molecular formula is C13H13FN2S. The molecule has 2 N–H and O–H groups in total. The van der Waals surface area contributed by atoms with Gasteiger partial charge in [-0.05, 0) is 25.0 Å². The van der Waals surface area contributed by atoms with E-state index in [0.717, 1.165) is 21.1 Å². The highest BCUT2D eigenvalue weighted by Gasteiger charge is 2.29. The first-order valence-corrected chi connectivity index (χ1v) is 6.55. The monoisotopic (exact) mass is 248 g/mol. The Morgan fingerprint density at radius 1 is 1.41 bits per heavy atom. The second kappa shape index (κ2) is 4.20. The highest BCUT2D eigenvalue weighted by molar-refractivity contribution is 7.15. The second-order valence-corrected chi connectivity index (χ2v) is 5.40. The Balaban J connectivity index is 2.03. The summed E-state index contributed by atoms with van der Waals surface area (Å²) in [7, 11) is 0. The number of thiazole rings is 1. The molecule has 1 heterocycles. The van der Waals surface area contributed by atoms with E-state index in [4.69, 9.17) is 5.73 Å². The maximum absolute atomic E-state index is 13.2. The van der Waals surface area contributed by atoms with Crippen LogP contribution in [-0.2, 0) is 6.54 Å². The van der Waals surface area contributed by atoms with Gasteiger partial charge in [0.25, 0.3) is 0 Å². The Bertz CT molecular complexity index is 546. The Hall–Kier alpha value is -1.26. The minimum atomic E-state index is -0.222. The van der Waals surface area contributed by atoms with Crippen molar-refractivity contribution in [1.29, 1.82) is 0 Å². The number of nitrogens with two attached hydrogens (primary N) is 1. The third kappa shape index (κ3) is 2.10. The molecular weight excluding hydrogens is 235 g/mol. The number of benzene rings is 1. The summed E-state index contributed by atoms with van der Waals surface area (Å²) in [5.41, 5.74) is 7.71. The van der Waals surface area contributed by atoms with E-state index in [2.05, 4.69) is 4.98 Å². The maximum Gasteiger partial charge on any atom is 0.124 e. The predicted molar refractivity (Wildman–Crippen MR) is 67.4 cm³/mol. The van der Waals surface area contributed by atoms with Crippen molar-refractivity contribution >= 4 is 11.3 Å². The van der Waals surface area contributed by atoms with Crippen LogP contribution in [0.3, 0.4) is 0 Å². The molecule has 0 amide bonds. The normalized spacial score (nSPS) is 15.2. The van der Waals surface area contributed by atoms with Gasteiger partial charge in [0.05, 0.1) is 5.69 Å². The fraction of sp³-hybridized carbons (Fsp3) is 0.308. The minimum Gasteiger partial charge on any atom is -0.326 e. The van der Waals surface area contributed by atoms with Crippen molar-refractivity contribution < 1.29 is 4.39 Å². The zero-order valence-corrected chi connectivity index (χ0v) is 10.1. The molecule has 0 atom stereocenters. The van der Waals surface area contributed by atoms with Crippen LogP contribution in [0, 0.1) is 5.82 Å². The molecule has 1 aromatic carbocycles. The van der Waals surface area contributed by atoms with Gasteiger partial charge in [-0.15, -0.1) is 11.3 Å². The molecule has 0 bridgehead atoms. The third-order valence-corrected chi connectivity index (χ3v) is 4.09. The van der Waals surface area contributed by atoms with Gasteiger partial charge in [-0.1, -0.05) is 12.1 Å². The lowest BCUT2D eigenvalue weighted by Gasteiger charge is -1.95. The van der Waals surface area contributed by atoms with Crippen molar-refractivity contribution in [1.82, 2.24) is 4.98 Å². The van der Waals surface area contributed by atoms with E-state index in [-0.39, 0.29) is 5.82 Å². The number of rotatable bonds is 3. The zero-order valence-electron chi connectivity index (χ0n) is 9.32. The van der Waals surface area contributed by atoms with E-state index in [9.17, 15) is 4.39 Å². The maximum atomic E-state index is 13.2. The van der Waals surface area contributed by atoms with E-state index in [0.29, 0.717) is 12.5 Å². The molecule has 0 spiro atoms. The molecule has 1 fully saturated rings. The molecule has 2 aromatic rings. The average molecular weight is 248 g/mol. The highest BCUT2D eigenvalue weighted by Crippen LogP contribution is 2.44. The molecule has 0 radical (unpaired) electrons. The molecule has 3 rings (SSSR count). The van der Waals surface area contributed by atoms with Gasteiger partial charge in [-0.3, -0.25) is 0 Å². The Morgan fingerprint density at radius 3 is 2.88 bits per heavy atom. The van der Waals surface area contributed by atoms with E-state index in [1.807, 2.05) is 6.07 Å². The lowest BCUT2D eigenvalue weighted by molar-refractivity contribution is 0.628. The third-order valence-electron chi connectivity index (χ3n) is 2.95. The van der Waals surface area contributed by atoms with E-state index < -0.39 is 0 Å². The first kappa shape index (κ1) is 10.9. The summed E-state index contributed by atoms with van der Waals surface area (Å²) < 4.78 is 13.2. The second-order valence-electron chi connectivity index (χ2n) is 4.32. The van der Waals surface area contributed by atoms with E-state index >= 15 is 0 Å². The van der Waals surface area contributed by atoms with Crippen LogP contribution in [0.5, 0.6) is 0 Å². The number of halogens is 1. The first-order chi connectivity index (χ1) is 8.28. The fourth-order valence-corrected chi connectivity index (χ4v) is 2.95. The standard InChI is InChI=1S/C13H13FN2S/c14-10-3-1-2-9(6-10)13-16-12(8-4-5-8)11(7-15)17-13/h1-3,6,8H,4-5,7,15H2. The van der Waals surface area contributed by atoms with Crippen molar-refractivity contribution in [3.8, 4) is 10.6 Å². The summed E-state index contributed by atoms with van der Waals surface area (Å²) >= 11 is 1.59. The van der Waals surface area contributed by atoms with Gasteiger partial charge >= 0.3 is 0 Å². The predicted octanol–water partition coefficient (Wildman–Crippen LogP) is 3.29. The van der Waals surface area contributed by atoms with Crippen molar-refractivity contribution in [2.75, 3.05) is 0 Å². The molecule has 0 aliphatic heterocycles. The molecule has 1 aliphatic carbocycles. The Morgan fingerprint density at radius 2 is 2.24 bits per heavy atom. The van der Waals surface area contributed by atoms with Crippen LogP contribution in [0.2, 0.25) is 0 Å². The van der Waals surface area contributed by atoms with Crippen LogP contribution >= 0.6 is 11.3 Å². The largest absolute Gasteiger partial charge is 0.326 e. The number of hydrogen-bond donors (Lipinski definition) is 1. The molecule has 1 aromatic heterocycles. The summed E-state index contributed by atoms with van der Waals surface area (Å²) in [6, 6.07) is 6.57. The van der Waals surface area contributed by atoms with E-state index in [1.54, 1.807) is 17.4 Å². The van der Waals surface area contributed by atoms with Gasteiger partial charge < -0.3 is 5.73 Å². The zero-order chi connectivity index (χ0) is 11.8. The SMILES string of the molecule is NCc1sc(-c2cccc(F)c2)nc1C1CC1. The number of nitrogens with zero attached hydrogens (tertiary/aromatic N) is 1. The number of hydrogen-bond acceptors (Lipinski definition) is 3. The molecule has 0 saturated heterocycles.